The fourth-order valence-corrected chi connectivity index (χ4v) is 4.95. The maximum atomic E-state index is 13.1. The second kappa shape index (κ2) is 8.54. The summed E-state index contributed by atoms with van der Waals surface area (Å²) in [4.78, 5) is 12.5. The number of hydrogen-bond donors (Lipinski definition) is 1. The minimum atomic E-state index is -3.70. The molecule has 1 aliphatic rings. The smallest absolute Gasteiger partial charge is 0.243 e. The van der Waals surface area contributed by atoms with Crippen LogP contribution in [0.3, 0.4) is 0 Å². The van der Waals surface area contributed by atoms with Gasteiger partial charge in [-0.25, -0.2) is 13.1 Å². The van der Waals surface area contributed by atoms with Gasteiger partial charge in [-0.15, -0.1) is 5.10 Å². The van der Waals surface area contributed by atoms with E-state index in [0.29, 0.717) is 38.1 Å². The van der Waals surface area contributed by atoms with Gasteiger partial charge in [0.2, 0.25) is 15.9 Å². The van der Waals surface area contributed by atoms with Crippen LogP contribution in [0.1, 0.15) is 32.7 Å². The molecule has 10 heteroatoms. The Balaban J connectivity index is 1.78. The highest BCUT2D eigenvalue weighted by molar-refractivity contribution is 7.89. The van der Waals surface area contributed by atoms with Crippen molar-refractivity contribution in [3.63, 3.8) is 0 Å². The number of carbonyl (C=O) groups excluding carboxylic acids is 1. The summed E-state index contributed by atoms with van der Waals surface area (Å²) in [5.41, 5.74) is 1.34. The zero-order chi connectivity index (χ0) is 20.3. The summed E-state index contributed by atoms with van der Waals surface area (Å²) in [6.45, 7) is 5.41. The van der Waals surface area contributed by atoms with E-state index in [-0.39, 0.29) is 29.3 Å². The van der Waals surface area contributed by atoms with Crippen molar-refractivity contribution in [1.29, 1.82) is 0 Å². The van der Waals surface area contributed by atoms with Crippen molar-refractivity contribution < 1.29 is 17.9 Å². The average Bonchev–Trinajstić information content (AvgIpc) is 3.11. The van der Waals surface area contributed by atoms with Crippen LogP contribution in [0.25, 0.3) is 11.0 Å². The van der Waals surface area contributed by atoms with E-state index < -0.39 is 10.0 Å². The van der Waals surface area contributed by atoms with Crippen LogP contribution in [-0.2, 0) is 19.6 Å². The van der Waals surface area contributed by atoms with Crippen LogP contribution in [0.2, 0.25) is 0 Å². The van der Waals surface area contributed by atoms with Gasteiger partial charge in [-0.1, -0.05) is 5.21 Å². The Morgan fingerprint density at radius 1 is 1.39 bits per heavy atom. The molecule has 28 heavy (non-hydrogen) atoms. The summed E-state index contributed by atoms with van der Waals surface area (Å²) in [6, 6.07) is 5.01. The number of hydrogen-bond acceptors (Lipinski definition) is 6. The minimum absolute atomic E-state index is 0.131. The first-order valence-corrected chi connectivity index (χ1v) is 10.9. The summed E-state index contributed by atoms with van der Waals surface area (Å²) in [7, 11) is -2.14. The second-order valence-corrected chi connectivity index (χ2v) is 9.20. The minimum Gasteiger partial charge on any atom is -0.383 e. The Hall–Kier alpha value is -2.04. The maximum Gasteiger partial charge on any atom is 0.243 e. The van der Waals surface area contributed by atoms with Crippen molar-refractivity contribution in [2.45, 2.75) is 37.6 Å². The van der Waals surface area contributed by atoms with Gasteiger partial charge in [0.1, 0.15) is 5.52 Å². The number of ether oxygens (including phenoxy) is 1. The normalized spacial score (nSPS) is 18.6. The fourth-order valence-electron chi connectivity index (χ4n) is 3.41. The van der Waals surface area contributed by atoms with E-state index >= 15 is 0 Å². The van der Waals surface area contributed by atoms with Crippen LogP contribution < -0.4 is 5.32 Å². The van der Waals surface area contributed by atoms with Gasteiger partial charge in [-0.3, -0.25) is 4.79 Å². The van der Waals surface area contributed by atoms with E-state index in [2.05, 4.69) is 15.6 Å². The Morgan fingerprint density at radius 3 is 2.89 bits per heavy atom. The number of fused-ring (bicyclic) bond motifs is 1. The number of methoxy groups -OCH3 is 1. The number of piperidine rings is 1. The molecule has 1 saturated heterocycles. The van der Waals surface area contributed by atoms with Crippen molar-refractivity contribution in [3.05, 3.63) is 18.2 Å². The van der Waals surface area contributed by atoms with E-state index in [4.69, 9.17) is 4.74 Å². The number of rotatable bonds is 7. The molecule has 1 aromatic carbocycles. The molecule has 0 spiro atoms. The van der Waals surface area contributed by atoms with E-state index in [1.807, 2.05) is 13.8 Å². The molecule has 1 atom stereocenters. The molecule has 0 unspecified atom stereocenters. The molecule has 154 valence electrons. The van der Waals surface area contributed by atoms with Crippen LogP contribution >= 0.6 is 0 Å². The molecule has 2 aromatic rings. The Labute approximate surface area is 165 Å². The van der Waals surface area contributed by atoms with Crippen molar-refractivity contribution in [2.24, 2.45) is 5.92 Å². The summed E-state index contributed by atoms with van der Waals surface area (Å²) in [5, 5.41) is 11.0. The van der Waals surface area contributed by atoms with Gasteiger partial charge in [0, 0.05) is 32.8 Å². The Kier molecular flexibility index (Phi) is 6.31. The first-order valence-electron chi connectivity index (χ1n) is 9.46. The molecule has 1 aromatic heterocycles. The van der Waals surface area contributed by atoms with Crippen LogP contribution in [0.4, 0.5) is 0 Å². The third kappa shape index (κ3) is 4.18. The van der Waals surface area contributed by atoms with Crippen LogP contribution in [0.5, 0.6) is 0 Å². The lowest BCUT2D eigenvalue weighted by atomic mass is 9.99. The topological polar surface area (TPSA) is 106 Å². The molecule has 0 saturated carbocycles. The number of nitrogens with one attached hydrogen (secondary N) is 1. The highest BCUT2D eigenvalue weighted by Crippen LogP contribution is 2.26. The SMILES string of the molecule is COCCNC(=O)[C@@H]1CCCN(S(=O)(=O)c2ccc3c(c2)nnn3C(C)C)C1. The van der Waals surface area contributed by atoms with Gasteiger partial charge < -0.3 is 10.1 Å². The molecule has 0 aliphatic carbocycles. The predicted molar refractivity (Wildman–Crippen MR) is 104 cm³/mol. The molecular formula is C18H27N5O4S. The molecule has 9 nitrogen and oxygen atoms in total. The van der Waals surface area contributed by atoms with E-state index in [0.717, 1.165) is 5.52 Å². The van der Waals surface area contributed by atoms with Crippen LogP contribution in [0, 0.1) is 5.92 Å². The molecular weight excluding hydrogens is 382 g/mol. The Morgan fingerprint density at radius 2 is 2.18 bits per heavy atom. The molecule has 1 fully saturated rings. The fraction of sp³-hybridized carbons (Fsp3) is 0.611. The van der Waals surface area contributed by atoms with Crippen molar-refractivity contribution in [2.75, 3.05) is 33.4 Å². The zero-order valence-electron chi connectivity index (χ0n) is 16.5. The van der Waals surface area contributed by atoms with Gasteiger partial charge in [0.05, 0.1) is 22.9 Å². The van der Waals surface area contributed by atoms with Gasteiger partial charge in [-0.05, 0) is 44.9 Å². The molecule has 0 radical (unpaired) electrons. The first kappa shape index (κ1) is 20.7. The molecule has 0 bridgehead atoms. The monoisotopic (exact) mass is 409 g/mol. The molecule has 2 heterocycles. The summed E-state index contributed by atoms with van der Waals surface area (Å²) >= 11 is 0. The molecule has 1 amide bonds. The average molecular weight is 410 g/mol. The zero-order valence-corrected chi connectivity index (χ0v) is 17.3. The number of carbonyl (C=O) groups is 1. The lowest BCUT2D eigenvalue weighted by Crippen LogP contribution is -2.45. The number of nitrogens with zero attached hydrogens (tertiary/aromatic N) is 4. The highest BCUT2D eigenvalue weighted by atomic mass is 32.2. The van der Waals surface area contributed by atoms with E-state index in [9.17, 15) is 13.2 Å². The summed E-state index contributed by atoms with van der Waals surface area (Å²) < 4.78 is 34.3. The summed E-state index contributed by atoms with van der Waals surface area (Å²) in [6.07, 6.45) is 1.32. The van der Waals surface area contributed by atoms with E-state index in [1.54, 1.807) is 30.0 Å². The summed E-state index contributed by atoms with van der Waals surface area (Å²) in [5.74, 6) is -0.488. The van der Waals surface area contributed by atoms with Crippen molar-refractivity contribution in [1.82, 2.24) is 24.6 Å². The van der Waals surface area contributed by atoms with E-state index in [1.165, 1.54) is 4.31 Å². The second-order valence-electron chi connectivity index (χ2n) is 7.26. The van der Waals surface area contributed by atoms with Crippen molar-refractivity contribution in [3.8, 4) is 0 Å². The number of sulfonamides is 1. The highest BCUT2D eigenvalue weighted by Gasteiger charge is 2.33. The van der Waals surface area contributed by atoms with Crippen LogP contribution in [-0.4, -0.2) is 67.0 Å². The quantitative estimate of drug-likeness (QED) is 0.688. The number of amides is 1. The van der Waals surface area contributed by atoms with Crippen LogP contribution in [0.15, 0.2) is 23.1 Å². The maximum absolute atomic E-state index is 13.1. The van der Waals surface area contributed by atoms with Gasteiger partial charge in [0.15, 0.2) is 0 Å². The van der Waals surface area contributed by atoms with Gasteiger partial charge in [0.25, 0.3) is 0 Å². The standard InChI is InChI=1S/C18H27N5O4S/c1-13(2)23-17-7-6-15(11-16(17)20-21-23)28(25,26)22-9-4-5-14(12-22)18(24)19-8-10-27-3/h6-7,11,13-14H,4-5,8-10,12H2,1-3H3,(H,19,24)/t14-/m1/s1. The van der Waals surface area contributed by atoms with Gasteiger partial charge in [-0.2, -0.15) is 4.31 Å². The number of benzene rings is 1. The molecule has 1 aliphatic heterocycles. The largest absolute Gasteiger partial charge is 0.383 e. The molecule has 3 rings (SSSR count). The lowest BCUT2D eigenvalue weighted by Gasteiger charge is -2.31. The molecule has 1 N–H and O–H groups in total. The predicted octanol–water partition coefficient (Wildman–Crippen LogP) is 1.18. The third-order valence-electron chi connectivity index (χ3n) is 4.93. The lowest BCUT2D eigenvalue weighted by molar-refractivity contribution is -0.126. The number of aromatic nitrogens is 3. The third-order valence-corrected chi connectivity index (χ3v) is 6.79. The first-order chi connectivity index (χ1) is 13.3. The van der Waals surface area contributed by atoms with Crippen molar-refractivity contribution >= 4 is 27.0 Å². The Bertz CT molecular complexity index is 941. The van der Waals surface area contributed by atoms with Gasteiger partial charge >= 0.3 is 0 Å².